The Bertz CT molecular complexity index is 977. The number of esters is 1. The summed E-state index contributed by atoms with van der Waals surface area (Å²) in [6.07, 6.45) is 1.58. The van der Waals surface area contributed by atoms with Crippen molar-refractivity contribution in [2.24, 2.45) is 0 Å². The zero-order valence-corrected chi connectivity index (χ0v) is 15.2. The minimum absolute atomic E-state index is 0.0363. The van der Waals surface area contributed by atoms with E-state index in [-0.39, 0.29) is 13.0 Å². The van der Waals surface area contributed by atoms with Gasteiger partial charge in [-0.2, -0.15) is 0 Å². The van der Waals surface area contributed by atoms with E-state index in [1.165, 1.54) is 6.26 Å². The number of rotatable bonds is 5. The third kappa shape index (κ3) is 4.24. The van der Waals surface area contributed by atoms with E-state index in [9.17, 15) is 9.59 Å². The third-order valence-electron chi connectivity index (χ3n) is 3.91. The van der Waals surface area contributed by atoms with Gasteiger partial charge >= 0.3 is 5.97 Å². The van der Waals surface area contributed by atoms with Crippen LogP contribution >= 0.6 is 11.6 Å². The molecule has 0 atom stereocenters. The van der Waals surface area contributed by atoms with Crippen LogP contribution in [0, 0.1) is 13.8 Å². The summed E-state index contributed by atoms with van der Waals surface area (Å²) in [4.78, 5) is 24.0. The highest BCUT2D eigenvalue weighted by atomic mass is 35.5. The maximum atomic E-state index is 12.0. The predicted octanol–water partition coefficient (Wildman–Crippen LogP) is 4.43. The van der Waals surface area contributed by atoms with Gasteiger partial charge in [0.15, 0.2) is 6.61 Å². The number of ether oxygens (including phenoxy) is 1. The van der Waals surface area contributed by atoms with E-state index in [1.807, 2.05) is 38.1 Å². The van der Waals surface area contributed by atoms with Gasteiger partial charge in [-0.3, -0.25) is 9.59 Å². The molecule has 6 heteroatoms. The molecule has 0 spiro atoms. The first-order valence-corrected chi connectivity index (χ1v) is 8.48. The van der Waals surface area contributed by atoms with Crippen molar-refractivity contribution in [3.8, 4) is 0 Å². The first-order chi connectivity index (χ1) is 12.4. The molecule has 1 N–H and O–H groups in total. The average molecular weight is 372 g/mol. The highest BCUT2D eigenvalue weighted by Gasteiger charge is 2.14. The average Bonchev–Trinajstić information content (AvgIpc) is 2.97. The fraction of sp³-hybridized carbons (Fsp3) is 0.200. The fourth-order valence-electron chi connectivity index (χ4n) is 2.59. The molecule has 0 radical (unpaired) electrons. The molecule has 3 aromatic rings. The first-order valence-electron chi connectivity index (χ1n) is 8.11. The standard InChI is InChI=1S/C20H18ClNO4/c1-12-4-6-17(16(21)7-12)22-19(23)11-26-20(24)9-14-10-25-18-8-13(2)3-5-15(14)18/h3-8,10H,9,11H2,1-2H3,(H,22,23). The van der Waals surface area contributed by atoms with E-state index >= 15 is 0 Å². The van der Waals surface area contributed by atoms with Gasteiger partial charge in [0.1, 0.15) is 5.58 Å². The zero-order valence-electron chi connectivity index (χ0n) is 14.5. The number of carbonyl (C=O) groups is 2. The molecule has 0 unspecified atom stereocenters. The van der Waals surface area contributed by atoms with Crippen molar-refractivity contribution in [1.82, 2.24) is 0 Å². The molecule has 26 heavy (non-hydrogen) atoms. The van der Waals surface area contributed by atoms with Crippen molar-refractivity contribution in [3.05, 3.63) is 64.4 Å². The van der Waals surface area contributed by atoms with Crippen LogP contribution in [0.1, 0.15) is 16.7 Å². The molecule has 134 valence electrons. The molecule has 1 heterocycles. The lowest BCUT2D eigenvalue weighted by Gasteiger charge is -2.08. The molecule has 0 aliphatic heterocycles. The van der Waals surface area contributed by atoms with E-state index < -0.39 is 11.9 Å². The Morgan fingerprint density at radius 3 is 2.62 bits per heavy atom. The molecule has 0 aliphatic rings. The topological polar surface area (TPSA) is 68.5 Å². The SMILES string of the molecule is Cc1ccc(NC(=O)COC(=O)Cc2coc3cc(C)ccc23)c(Cl)c1. The number of nitrogens with one attached hydrogen (secondary N) is 1. The highest BCUT2D eigenvalue weighted by molar-refractivity contribution is 6.33. The zero-order chi connectivity index (χ0) is 18.7. The van der Waals surface area contributed by atoms with Gasteiger partial charge in [0, 0.05) is 10.9 Å². The van der Waals surface area contributed by atoms with E-state index in [2.05, 4.69) is 5.32 Å². The summed E-state index contributed by atoms with van der Waals surface area (Å²) in [6, 6.07) is 11.0. The minimum atomic E-state index is -0.501. The number of amides is 1. The number of benzene rings is 2. The van der Waals surface area contributed by atoms with Gasteiger partial charge in [0.05, 0.1) is 23.4 Å². The Hall–Kier alpha value is -2.79. The van der Waals surface area contributed by atoms with Crippen LogP contribution in [-0.4, -0.2) is 18.5 Å². The Labute approximate surface area is 155 Å². The predicted molar refractivity (Wildman–Crippen MR) is 100 cm³/mol. The van der Waals surface area contributed by atoms with Crippen molar-refractivity contribution < 1.29 is 18.7 Å². The van der Waals surface area contributed by atoms with Crippen LogP contribution in [0.3, 0.4) is 0 Å². The van der Waals surface area contributed by atoms with Gasteiger partial charge in [0.25, 0.3) is 5.91 Å². The lowest BCUT2D eigenvalue weighted by molar-refractivity contribution is -0.146. The molecule has 1 aromatic heterocycles. The largest absolute Gasteiger partial charge is 0.464 e. The van der Waals surface area contributed by atoms with E-state index in [0.717, 1.165) is 27.7 Å². The summed E-state index contributed by atoms with van der Waals surface area (Å²) in [6.45, 7) is 3.49. The molecule has 0 saturated heterocycles. The second-order valence-corrected chi connectivity index (χ2v) is 6.54. The summed E-state index contributed by atoms with van der Waals surface area (Å²) in [7, 11) is 0. The molecule has 0 fully saturated rings. The second kappa shape index (κ2) is 7.62. The molecule has 1 amide bonds. The second-order valence-electron chi connectivity index (χ2n) is 6.13. The van der Waals surface area contributed by atoms with Gasteiger partial charge in [-0.25, -0.2) is 0 Å². The molecule has 0 saturated carbocycles. The highest BCUT2D eigenvalue weighted by Crippen LogP contribution is 2.24. The Morgan fingerprint density at radius 2 is 1.85 bits per heavy atom. The van der Waals surface area contributed by atoms with Crippen LogP contribution in [0.2, 0.25) is 5.02 Å². The third-order valence-corrected chi connectivity index (χ3v) is 4.22. The lowest BCUT2D eigenvalue weighted by Crippen LogP contribution is -2.21. The molecular weight excluding hydrogens is 354 g/mol. The Balaban J connectivity index is 1.55. The monoisotopic (exact) mass is 371 g/mol. The molecule has 0 aliphatic carbocycles. The summed E-state index contributed by atoms with van der Waals surface area (Å²) in [5.74, 6) is -0.949. The van der Waals surface area contributed by atoms with Crippen LogP contribution in [0.15, 0.2) is 47.1 Å². The molecule has 3 rings (SSSR count). The van der Waals surface area contributed by atoms with Gasteiger partial charge < -0.3 is 14.5 Å². The number of carbonyl (C=O) groups excluding carboxylic acids is 2. The number of furan rings is 1. The molecule has 2 aromatic carbocycles. The van der Waals surface area contributed by atoms with Crippen LogP contribution < -0.4 is 5.32 Å². The molecule has 0 bridgehead atoms. The van der Waals surface area contributed by atoms with E-state index in [4.69, 9.17) is 20.8 Å². The Kier molecular flexibility index (Phi) is 5.28. The minimum Gasteiger partial charge on any atom is -0.464 e. The smallest absolute Gasteiger partial charge is 0.310 e. The maximum Gasteiger partial charge on any atom is 0.310 e. The van der Waals surface area contributed by atoms with Crippen molar-refractivity contribution in [1.29, 1.82) is 0 Å². The van der Waals surface area contributed by atoms with Crippen molar-refractivity contribution in [2.45, 2.75) is 20.3 Å². The number of halogens is 1. The number of aryl methyl sites for hydroxylation is 2. The van der Waals surface area contributed by atoms with E-state index in [1.54, 1.807) is 12.1 Å². The molecule has 5 nitrogen and oxygen atoms in total. The summed E-state index contributed by atoms with van der Waals surface area (Å²) >= 11 is 6.06. The van der Waals surface area contributed by atoms with Gasteiger partial charge in [0.2, 0.25) is 0 Å². The fourth-order valence-corrected chi connectivity index (χ4v) is 2.87. The van der Waals surface area contributed by atoms with Crippen molar-refractivity contribution in [3.63, 3.8) is 0 Å². The normalized spacial score (nSPS) is 10.7. The summed E-state index contributed by atoms with van der Waals surface area (Å²) in [5, 5.41) is 3.92. The summed E-state index contributed by atoms with van der Waals surface area (Å²) < 4.78 is 10.5. The van der Waals surface area contributed by atoms with Crippen LogP contribution in [0.5, 0.6) is 0 Å². The van der Waals surface area contributed by atoms with Crippen molar-refractivity contribution >= 4 is 40.1 Å². The number of hydrogen-bond donors (Lipinski definition) is 1. The quantitative estimate of drug-likeness (QED) is 0.674. The number of anilines is 1. The van der Waals surface area contributed by atoms with Crippen molar-refractivity contribution in [2.75, 3.05) is 11.9 Å². The van der Waals surface area contributed by atoms with Gasteiger partial charge in [-0.15, -0.1) is 0 Å². The van der Waals surface area contributed by atoms with E-state index in [0.29, 0.717) is 10.7 Å². The Morgan fingerprint density at radius 1 is 1.12 bits per heavy atom. The van der Waals surface area contributed by atoms with Crippen LogP contribution in [0.4, 0.5) is 5.69 Å². The van der Waals surface area contributed by atoms with Crippen LogP contribution in [0.25, 0.3) is 11.0 Å². The van der Waals surface area contributed by atoms with Gasteiger partial charge in [-0.05, 0) is 43.2 Å². The number of hydrogen-bond acceptors (Lipinski definition) is 4. The first kappa shape index (κ1) is 18.0. The lowest BCUT2D eigenvalue weighted by atomic mass is 10.1. The molecular formula is C20H18ClNO4. The summed E-state index contributed by atoms with van der Waals surface area (Å²) in [5.41, 5.74) is 4.00. The maximum absolute atomic E-state index is 12.0. The van der Waals surface area contributed by atoms with Crippen LogP contribution in [-0.2, 0) is 20.7 Å². The number of fused-ring (bicyclic) bond motifs is 1. The van der Waals surface area contributed by atoms with Gasteiger partial charge in [-0.1, -0.05) is 29.8 Å².